The van der Waals surface area contributed by atoms with Crippen LogP contribution in [0.5, 0.6) is 5.75 Å². The van der Waals surface area contributed by atoms with Gasteiger partial charge in [0, 0.05) is 32.6 Å². The van der Waals surface area contributed by atoms with E-state index in [9.17, 15) is 9.18 Å². The van der Waals surface area contributed by atoms with E-state index in [1.54, 1.807) is 19.2 Å². The third-order valence-electron chi connectivity index (χ3n) is 4.98. The maximum atomic E-state index is 13.0. The molecule has 0 bridgehead atoms. The number of carbonyl (C=O) groups is 1. The van der Waals surface area contributed by atoms with Crippen LogP contribution in [-0.2, 0) is 4.79 Å². The second-order valence-corrected chi connectivity index (χ2v) is 6.70. The summed E-state index contributed by atoms with van der Waals surface area (Å²) in [6, 6.07) is 14.4. The van der Waals surface area contributed by atoms with Gasteiger partial charge in [-0.25, -0.2) is 4.39 Å². The molecule has 138 valence electrons. The normalized spacial score (nSPS) is 15.7. The van der Waals surface area contributed by atoms with Crippen molar-refractivity contribution < 1.29 is 13.9 Å². The first-order valence-corrected chi connectivity index (χ1v) is 8.99. The summed E-state index contributed by atoms with van der Waals surface area (Å²) in [4.78, 5) is 16.8. The summed E-state index contributed by atoms with van der Waals surface area (Å²) < 4.78 is 18.5. The van der Waals surface area contributed by atoms with Crippen molar-refractivity contribution >= 4 is 11.6 Å². The fourth-order valence-corrected chi connectivity index (χ4v) is 3.39. The highest BCUT2D eigenvalue weighted by atomic mass is 19.1. The molecule has 1 saturated heterocycles. The van der Waals surface area contributed by atoms with Crippen LogP contribution in [0.15, 0.2) is 48.5 Å². The monoisotopic (exact) mass is 356 g/mol. The van der Waals surface area contributed by atoms with Gasteiger partial charge in [0.15, 0.2) is 0 Å². The van der Waals surface area contributed by atoms with E-state index < -0.39 is 0 Å². The molecule has 2 aromatic carbocycles. The Hall–Kier alpha value is -2.56. The number of amides is 1. The number of para-hydroxylation sites is 2. The van der Waals surface area contributed by atoms with Crippen LogP contribution >= 0.6 is 0 Å². The van der Waals surface area contributed by atoms with Gasteiger partial charge in [0.05, 0.1) is 12.8 Å². The molecule has 0 saturated carbocycles. The van der Waals surface area contributed by atoms with Gasteiger partial charge in [0.1, 0.15) is 11.6 Å². The number of anilines is 1. The van der Waals surface area contributed by atoms with Gasteiger partial charge in [-0.15, -0.1) is 0 Å². The molecule has 1 aliphatic rings. The maximum absolute atomic E-state index is 13.0. The Kier molecular flexibility index (Phi) is 5.76. The van der Waals surface area contributed by atoms with E-state index >= 15 is 0 Å². The summed E-state index contributed by atoms with van der Waals surface area (Å²) in [5, 5.41) is 0. The van der Waals surface area contributed by atoms with E-state index in [0.29, 0.717) is 19.5 Å². The summed E-state index contributed by atoms with van der Waals surface area (Å²) in [6.45, 7) is 4.99. The van der Waals surface area contributed by atoms with Crippen LogP contribution in [0.25, 0.3) is 0 Å². The van der Waals surface area contributed by atoms with Crippen LogP contribution in [0.3, 0.4) is 0 Å². The molecule has 0 spiro atoms. The number of hydrogen-bond acceptors (Lipinski definition) is 3. The van der Waals surface area contributed by atoms with Crippen molar-refractivity contribution in [2.45, 2.75) is 19.3 Å². The highest BCUT2D eigenvalue weighted by molar-refractivity contribution is 5.77. The van der Waals surface area contributed by atoms with Crippen molar-refractivity contribution in [3.05, 3.63) is 59.9 Å². The average Bonchev–Trinajstić information content (AvgIpc) is 2.68. The molecule has 0 N–H and O–H groups in total. The molecule has 0 radical (unpaired) electrons. The second kappa shape index (κ2) is 8.21. The van der Waals surface area contributed by atoms with Crippen molar-refractivity contribution in [2.75, 3.05) is 38.2 Å². The SMILES string of the molecule is COc1ccccc1N1CCN(C(=O)CC(C)c2ccc(F)cc2)CC1. The summed E-state index contributed by atoms with van der Waals surface area (Å²) in [7, 11) is 1.68. The van der Waals surface area contributed by atoms with Gasteiger partial charge in [0.25, 0.3) is 0 Å². The Bertz CT molecular complexity index is 740. The number of hydrogen-bond donors (Lipinski definition) is 0. The van der Waals surface area contributed by atoms with Crippen LogP contribution in [0.2, 0.25) is 0 Å². The molecule has 5 heteroatoms. The molecule has 26 heavy (non-hydrogen) atoms. The molecule has 1 aliphatic heterocycles. The minimum Gasteiger partial charge on any atom is -0.495 e. The number of nitrogens with zero attached hydrogens (tertiary/aromatic N) is 2. The van der Waals surface area contributed by atoms with Gasteiger partial charge in [-0.05, 0) is 35.7 Å². The second-order valence-electron chi connectivity index (χ2n) is 6.70. The van der Waals surface area contributed by atoms with E-state index in [1.165, 1.54) is 12.1 Å². The molecular formula is C21H25FN2O2. The fourth-order valence-electron chi connectivity index (χ4n) is 3.39. The molecule has 2 aromatic rings. The third-order valence-corrected chi connectivity index (χ3v) is 4.98. The Morgan fingerprint density at radius 1 is 1.08 bits per heavy atom. The highest BCUT2D eigenvalue weighted by Gasteiger charge is 2.24. The molecule has 1 unspecified atom stereocenters. The number of benzene rings is 2. The standard InChI is InChI=1S/C21H25FN2O2/c1-16(17-7-9-18(22)10-8-17)15-21(25)24-13-11-23(12-14-24)19-5-3-4-6-20(19)26-2/h3-10,16H,11-15H2,1-2H3. The number of piperazine rings is 1. The first-order chi connectivity index (χ1) is 12.6. The Balaban J connectivity index is 1.56. The zero-order valence-corrected chi connectivity index (χ0v) is 15.3. The van der Waals surface area contributed by atoms with Gasteiger partial charge in [-0.1, -0.05) is 31.2 Å². The molecule has 3 rings (SSSR count). The number of halogens is 1. The van der Waals surface area contributed by atoms with Crippen LogP contribution in [0.4, 0.5) is 10.1 Å². The lowest BCUT2D eigenvalue weighted by molar-refractivity contribution is -0.131. The fraction of sp³-hybridized carbons (Fsp3) is 0.381. The smallest absolute Gasteiger partial charge is 0.223 e. The average molecular weight is 356 g/mol. The molecule has 1 heterocycles. The van der Waals surface area contributed by atoms with E-state index in [1.807, 2.05) is 36.1 Å². The molecule has 0 aliphatic carbocycles. The van der Waals surface area contributed by atoms with Crippen LogP contribution in [-0.4, -0.2) is 44.1 Å². The van der Waals surface area contributed by atoms with E-state index in [4.69, 9.17) is 4.74 Å². The lowest BCUT2D eigenvalue weighted by Gasteiger charge is -2.37. The lowest BCUT2D eigenvalue weighted by Crippen LogP contribution is -2.49. The Morgan fingerprint density at radius 2 is 1.73 bits per heavy atom. The summed E-state index contributed by atoms with van der Waals surface area (Å²) in [5.41, 5.74) is 2.06. The predicted molar refractivity (Wildman–Crippen MR) is 101 cm³/mol. The minimum atomic E-state index is -0.250. The lowest BCUT2D eigenvalue weighted by atomic mass is 9.97. The summed E-state index contributed by atoms with van der Waals surface area (Å²) in [6.07, 6.45) is 0.445. The molecule has 1 atom stereocenters. The van der Waals surface area contributed by atoms with Crippen LogP contribution < -0.4 is 9.64 Å². The number of rotatable bonds is 5. The minimum absolute atomic E-state index is 0.0790. The van der Waals surface area contributed by atoms with Gasteiger partial charge in [-0.2, -0.15) is 0 Å². The van der Waals surface area contributed by atoms with Crippen molar-refractivity contribution in [3.63, 3.8) is 0 Å². The van der Waals surface area contributed by atoms with E-state index in [2.05, 4.69) is 4.90 Å². The summed E-state index contributed by atoms with van der Waals surface area (Å²) >= 11 is 0. The molecule has 4 nitrogen and oxygen atoms in total. The number of carbonyl (C=O) groups excluding carboxylic acids is 1. The van der Waals surface area contributed by atoms with Gasteiger partial charge >= 0.3 is 0 Å². The first-order valence-electron chi connectivity index (χ1n) is 8.99. The number of ether oxygens (including phenoxy) is 1. The van der Waals surface area contributed by atoms with E-state index in [-0.39, 0.29) is 17.6 Å². The molecular weight excluding hydrogens is 331 g/mol. The topological polar surface area (TPSA) is 32.8 Å². The maximum Gasteiger partial charge on any atom is 0.223 e. The molecule has 0 aromatic heterocycles. The Morgan fingerprint density at radius 3 is 2.38 bits per heavy atom. The third kappa shape index (κ3) is 4.15. The van der Waals surface area contributed by atoms with Crippen molar-refractivity contribution in [1.82, 2.24) is 4.90 Å². The highest BCUT2D eigenvalue weighted by Crippen LogP contribution is 2.28. The van der Waals surface area contributed by atoms with Crippen LogP contribution in [0, 0.1) is 5.82 Å². The van der Waals surface area contributed by atoms with Crippen molar-refractivity contribution in [3.8, 4) is 5.75 Å². The quantitative estimate of drug-likeness (QED) is 0.819. The number of methoxy groups -OCH3 is 1. The molecule has 1 amide bonds. The zero-order chi connectivity index (χ0) is 18.5. The first kappa shape index (κ1) is 18.2. The van der Waals surface area contributed by atoms with Gasteiger partial charge in [-0.3, -0.25) is 4.79 Å². The van der Waals surface area contributed by atoms with Gasteiger partial charge in [0.2, 0.25) is 5.91 Å². The molecule has 1 fully saturated rings. The van der Waals surface area contributed by atoms with Crippen molar-refractivity contribution in [2.24, 2.45) is 0 Å². The summed E-state index contributed by atoms with van der Waals surface area (Å²) in [5.74, 6) is 0.841. The zero-order valence-electron chi connectivity index (χ0n) is 15.3. The van der Waals surface area contributed by atoms with Crippen molar-refractivity contribution in [1.29, 1.82) is 0 Å². The Labute approximate surface area is 154 Å². The van der Waals surface area contributed by atoms with Gasteiger partial charge < -0.3 is 14.5 Å². The largest absolute Gasteiger partial charge is 0.495 e. The van der Waals surface area contributed by atoms with Crippen LogP contribution in [0.1, 0.15) is 24.8 Å². The van der Waals surface area contributed by atoms with E-state index in [0.717, 1.165) is 30.1 Å². The predicted octanol–water partition coefficient (Wildman–Crippen LogP) is 3.68.